The van der Waals surface area contributed by atoms with Crippen LogP contribution in [0.15, 0.2) is 29.4 Å². The highest BCUT2D eigenvalue weighted by Gasteiger charge is 2.07. The summed E-state index contributed by atoms with van der Waals surface area (Å²) >= 11 is 1.75. The summed E-state index contributed by atoms with van der Waals surface area (Å²) in [5.74, 6) is 1.22. The number of nitrogens with one attached hydrogen (secondary N) is 3. The van der Waals surface area contributed by atoms with Gasteiger partial charge in [-0.1, -0.05) is 13.0 Å². The molecule has 0 radical (unpaired) electrons. The molecule has 0 saturated heterocycles. The fraction of sp³-hybridized carbons (Fsp3) is 0.421. The number of aryl methyl sites for hydroxylation is 1. The van der Waals surface area contributed by atoms with Gasteiger partial charge in [-0.05, 0) is 24.1 Å². The van der Waals surface area contributed by atoms with Gasteiger partial charge >= 0.3 is 0 Å². The number of hydrogen-bond acceptors (Lipinski definition) is 5. The smallest absolute Gasteiger partial charge is 0.221 e. The van der Waals surface area contributed by atoms with Crippen molar-refractivity contribution >= 4 is 52.9 Å². The number of aromatic nitrogens is 1. The van der Waals surface area contributed by atoms with Crippen LogP contribution in [-0.4, -0.2) is 37.6 Å². The van der Waals surface area contributed by atoms with Crippen molar-refractivity contribution in [3.05, 3.63) is 39.8 Å². The lowest BCUT2D eigenvalue weighted by molar-refractivity contribution is -0.114. The Morgan fingerprint density at radius 3 is 2.71 bits per heavy atom. The van der Waals surface area contributed by atoms with Gasteiger partial charge in [-0.25, -0.2) is 4.98 Å². The highest BCUT2D eigenvalue weighted by molar-refractivity contribution is 14.0. The Kier molecular flexibility index (Phi) is 10.8. The minimum Gasteiger partial charge on any atom is -0.495 e. The van der Waals surface area contributed by atoms with Crippen LogP contribution in [0.25, 0.3) is 0 Å². The molecule has 2 aromatic rings. The lowest BCUT2D eigenvalue weighted by Crippen LogP contribution is -2.37. The number of aliphatic imine (C=N–C) groups is 1. The van der Waals surface area contributed by atoms with Crippen molar-refractivity contribution in [3.8, 4) is 5.75 Å². The normalized spacial score (nSPS) is 10.8. The van der Waals surface area contributed by atoms with Crippen molar-refractivity contribution in [2.45, 2.75) is 33.2 Å². The summed E-state index contributed by atoms with van der Waals surface area (Å²) in [5, 5.41) is 10.5. The minimum atomic E-state index is -0.135. The largest absolute Gasteiger partial charge is 0.495 e. The number of benzene rings is 1. The Balaban J connectivity index is 0.00000392. The van der Waals surface area contributed by atoms with Gasteiger partial charge < -0.3 is 20.7 Å². The molecule has 0 bridgehead atoms. The zero-order valence-corrected chi connectivity index (χ0v) is 19.8. The Morgan fingerprint density at radius 1 is 1.32 bits per heavy atom. The van der Waals surface area contributed by atoms with E-state index in [-0.39, 0.29) is 29.9 Å². The molecule has 3 N–H and O–H groups in total. The zero-order valence-electron chi connectivity index (χ0n) is 16.7. The first kappa shape index (κ1) is 24.2. The lowest BCUT2D eigenvalue weighted by atomic mass is 10.2. The second kappa shape index (κ2) is 12.6. The molecule has 1 amide bonds. The number of anilines is 1. The number of rotatable bonds is 8. The third-order valence-corrected chi connectivity index (χ3v) is 5.04. The van der Waals surface area contributed by atoms with E-state index in [1.165, 1.54) is 11.8 Å². The van der Waals surface area contributed by atoms with E-state index < -0.39 is 0 Å². The summed E-state index contributed by atoms with van der Waals surface area (Å²) in [7, 11) is 3.32. The molecule has 7 nitrogen and oxygen atoms in total. The van der Waals surface area contributed by atoms with Gasteiger partial charge in [0.1, 0.15) is 5.75 Å². The van der Waals surface area contributed by atoms with Crippen LogP contribution >= 0.6 is 35.3 Å². The number of ether oxygens (including phenoxy) is 1. The molecule has 0 aliphatic rings. The molecule has 0 spiro atoms. The third-order valence-electron chi connectivity index (χ3n) is 3.84. The Morgan fingerprint density at radius 2 is 2.11 bits per heavy atom. The molecule has 1 heterocycles. The number of amides is 1. The number of nitrogens with zero attached hydrogens (tertiary/aromatic N) is 2. The van der Waals surface area contributed by atoms with Gasteiger partial charge in [0.05, 0.1) is 17.8 Å². The minimum absolute atomic E-state index is 0. The maximum absolute atomic E-state index is 11.3. The molecular formula is C19H28IN5O2S. The van der Waals surface area contributed by atoms with Crippen LogP contribution in [0.5, 0.6) is 5.75 Å². The van der Waals surface area contributed by atoms with Crippen LogP contribution in [0.2, 0.25) is 0 Å². The lowest BCUT2D eigenvalue weighted by Gasteiger charge is -2.14. The molecule has 9 heteroatoms. The first-order valence-electron chi connectivity index (χ1n) is 8.88. The maximum atomic E-state index is 11.3. The van der Waals surface area contributed by atoms with Crippen molar-refractivity contribution in [1.29, 1.82) is 0 Å². The Hall–Kier alpha value is -1.88. The van der Waals surface area contributed by atoms with Crippen LogP contribution in [0.4, 0.5) is 5.69 Å². The Labute approximate surface area is 187 Å². The van der Waals surface area contributed by atoms with Crippen LogP contribution in [0.1, 0.15) is 29.3 Å². The monoisotopic (exact) mass is 517 g/mol. The summed E-state index contributed by atoms with van der Waals surface area (Å²) in [4.78, 5) is 21.3. The zero-order chi connectivity index (χ0) is 19.6. The molecule has 2 rings (SSSR count). The molecule has 28 heavy (non-hydrogen) atoms. The van der Waals surface area contributed by atoms with E-state index in [1.807, 2.05) is 24.4 Å². The fourth-order valence-corrected chi connectivity index (χ4v) is 3.34. The van der Waals surface area contributed by atoms with Gasteiger partial charge in [-0.2, -0.15) is 0 Å². The maximum Gasteiger partial charge on any atom is 0.221 e. The van der Waals surface area contributed by atoms with Crippen molar-refractivity contribution in [2.75, 3.05) is 26.0 Å². The van der Waals surface area contributed by atoms with E-state index in [9.17, 15) is 4.79 Å². The molecule has 0 aliphatic carbocycles. The Bertz CT molecular complexity index is 794. The first-order chi connectivity index (χ1) is 13.0. The van der Waals surface area contributed by atoms with Crippen LogP contribution < -0.4 is 20.7 Å². The molecule has 0 atom stereocenters. The van der Waals surface area contributed by atoms with Gasteiger partial charge in [-0.15, -0.1) is 35.3 Å². The van der Waals surface area contributed by atoms with Crippen molar-refractivity contribution in [2.24, 2.45) is 4.99 Å². The SMILES string of the molecule is CCc1cnc(CCNC(=NC)NCc2ccc(OC)c(NC(C)=O)c2)s1.I. The standard InChI is InChI=1S/C19H27N5O2S.HI/c1-5-15-12-22-18(27-15)8-9-21-19(20-3)23-11-14-6-7-17(26-4)16(10-14)24-13(2)25;/h6-7,10,12H,5,8-9,11H2,1-4H3,(H,24,25)(H2,20,21,23);1H. The molecule has 0 aliphatic heterocycles. The number of methoxy groups -OCH3 is 1. The number of halogens is 1. The summed E-state index contributed by atoms with van der Waals surface area (Å²) in [6.07, 6.45) is 3.83. The summed E-state index contributed by atoms with van der Waals surface area (Å²) in [6.45, 7) is 4.95. The summed E-state index contributed by atoms with van der Waals surface area (Å²) in [6, 6.07) is 5.68. The highest BCUT2D eigenvalue weighted by atomic mass is 127. The molecule has 1 aromatic heterocycles. The van der Waals surface area contributed by atoms with Crippen LogP contribution in [0, 0.1) is 0 Å². The molecule has 0 fully saturated rings. The van der Waals surface area contributed by atoms with E-state index in [2.05, 4.69) is 32.9 Å². The van der Waals surface area contributed by atoms with E-state index in [1.54, 1.807) is 25.5 Å². The molecule has 0 saturated carbocycles. The quantitative estimate of drug-likeness (QED) is 0.285. The number of hydrogen-bond donors (Lipinski definition) is 3. The predicted molar refractivity (Wildman–Crippen MR) is 126 cm³/mol. The molecule has 1 aromatic carbocycles. The van der Waals surface area contributed by atoms with Gasteiger partial charge in [0.15, 0.2) is 5.96 Å². The van der Waals surface area contributed by atoms with Gasteiger partial charge in [-0.3, -0.25) is 9.79 Å². The molecule has 154 valence electrons. The molecule has 0 unspecified atom stereocenters. The van der Waals surface area contributed by atoms with Crippen LogP contribution in [-0.2, 0) is 24.2 Å². The van der Waals surface area contributed by atoms with E-state index in [0.29, 0.717) is 18.0 Å². The fourth-order valence-electron chi connectivity index (χ4n) is 2.47. The van der Waals surface area contributed by atoms with Crippen molar-refractivity contribution in [3.63, 3.8) is 0 Å². The van der Waals surface area contributed by atoms with Gasteiger partial charge in [0.2, 0.25) is 5.91 Å². The highest BCUT2D eigenvalue weighted by Crippen LogP contribution is 2.25. The second-order valence-corrected chi connectivity index (χ2v) is 7.09. The summed E-state index contributed by atoms with van der Waals surface area (Å²) in [5.41, 5.74) is 1.66. The number of carbonyl (C=O) groups is 1. The van der Waals surface area contributed by atoms with Crippen molar-refractivity contribution < 1.29 is 9.53 Å². The van der Waals surface area contributed by atoms with Crippen molar-refractivity contribution in [1.82, 2.24) is 15.6 Å². The second-order valence-electron chi connectivity index (χ2n) is 5.89. The van der Waals surface area contributed by atoms with E-state index >= 15 is 0 Å². The first-order valence-corrected chi connectivity index (χ1v) is 9.70. The number of thiazole rings is 1. The van der Waals surface area contributed by atoms with Gasteiger partial charge in [0.25, 0.3) is 0 Å². The van der Waals surface area contributed by atoms with Gasteiger partial charge in [0, 0.05) is 44.6 Å². The third kappa shape index (κ3) is 7.63. The van der Waals surface area contributed by atoms with E-state index in [0.717, 1.165) is 35.9 Å². The van der Waals surface area contributed by atoms with Crippen LogP contribution in [0.3, 0.4) is 0 Å². The molecular weight excluding hydrogens is 489 g/mol. The predicted octanol–water partition coefficient (Wildman–Crippen LogP) is 3.20. The average Bonchev–Trinajstić information content (AvgIpc) is 3.12. The summed E-state index contributed by atoms with van der Waals surface area (Å²) < 4.78 is 5.28. The number of guanidine groups is 1. The average molecular weight is 517 g/mol. The topological polar surface area (TPSA) is 87.6 Å². The van der Waals surface area contributed by atoms with E-state index in [4.69, 9.17) is 4.74 Å². The number of carbonyl (C=O) groups excluding carboxylic acids is 1.